The fourth-order valence-corrected chi connectivity index (χ4v) is 3.38. The summed E-state index contributed by atoms with van der Waals surface area (Å²) in [6.07, 6.45) is 19.0. The summed E-state index contributed by atoms with van der Waals surface area (Å²) >= 11 is 0. The number of unbranched alkanes of at least 4 members (excludes halogenated alkanes) is 13. The SMILES string of the molecule is CCCCCCCCCCCCCCCCOCC(CN(C)C)OC(C)=O. The molecule has 0 aliphatic heterocycles. The van der Waals surface area contributed by atoms with Crippen molar-refractivity contribution >= 4 is 5.97 Å². The van der Waals surface area contributed by atoms with Crippen LogP contribution in [0.3, 0.4) is 0 Å². The zero-order chi connectivity index (χ0) is 20.2. The summed E-state index contributed by atoms with van der Waals surface area (Å²) in [7, 11) is 3.95. The zero-order valence-electron chi connectivity index (χ0n) is 18.8. The largest absolute Gasteiger partial charge is 0.459 e. The first-order valence-electron chi connectivity index (χ1n) is 11.5. The van der Waals surface area contributed by atoms with Crippen molar-refractivity contribution in [2.75, 3.05) is 33.9 Å². The smallest absolute Gasteiger partial charge is 0.303 e. The molecule has 4 nitrogen and oxygen atoms in total. The Morgan fingerprint density at radius 2 is 1.22 bits per heavy atom. The summed E-state index contributed by atoms with van der Waals surface area (Å²) in [6.45, 7) is 5.70. The van der Waals surface area contributed by atoms with Gasteiger partial charge in [0.1, 0.15) is 6.10 Å². The lowest BCUT2D eigenvalue weighted by Crippen LogP contribution is -2.33. The summed E-state index contributed by atoms with van der Waals surface area (Å²) in [6, 6.07) is 0. The Labute approximate surface area is 169 Å². The van der Waals surface area contributed by atoms with Gasteiger partial charge in [-0.3, -0.25) is 4.79 Å². The first-order valence-corrected chi connectivity index (χ1v) is 11.5. The van der Waals surface area contributed by atoms with Crippen molar-refractivity contribution in [3.05, 3.63) is 0 Å². The molecule has 0 heterocycles. The Hall–Kier alpha value is -0.610. The topological polar surface area (TPSA) is 38.8 Å². The van der Waals surface area contributed by atoms with Crippen LogP contribution in [0.25, 0.3) is 0 Å². The number of hydrogen-bond donors (Lipinski definition) is 0. The van der Waals surface area contributed by atoms with E-state index in [4.69, 9.17) is 9.47 Å². The number of likely N-dealkylation sites (N-methyl/N-ethyl adjacent to an activating group) is 1. The van der Waals surface area contributed by atoms with Gasteiger partial charge in [-0.25, -0.2) is 0 Å². The maximum Gasteiger partial charge on any atom is 0.303 e. The number of hydrogen-bond acceptors (Lipinski definition) is 4. The maximum atomic E-state index is 11.1. The number of ether oxygens (including phenoxy) is 2. The molecule has 0 rings (SSSR count). The number of rotatable bonds is 20. The lowest BCUT2D eigenvalue weighted by molar-refractivity contribution is -0.150. The van der Waals surface area contributed by atoms with Gasteiger partial charge in [0.05, 0.1) is 6.61 Å². The summed E-state index contributed by atoms with van der Waals surface area (Å²) in [5, 5.41) is 0. The van der Waals surface area contributed by atoms with Crippen LogP contribution in [-0.2, 0) is 14.3 Å². The molecular weight excluding hydrogens is 338 g/mol. The van der Waals surface area contributed by atoms with Crippen molar-refractivity contribution in [3.63, 3.8) is 0 Å². The summed E-state index contributed by atoms with van der Waals surface area (Å²) in [4.78, 5) is 13.1. The molecule has 0 aromatic rings. The molecule has 162 valence electrons. The van der Waals surface area contributed by atoms with Crippen molar-refractivity contribution in [1.29, 1.82) is 0 Å². The van der Waals surface area contributed by atoms with E-state index in [0.717, 1.165) is 13.0 Å². The number of esters is 1. The second-order valence-electron chi connectivity index (χ2n) is 8.16. The Bertz CT molecular complexity index is 321. The molecule has 0 saturated carbocycles. The van der Waals surface area contributed by atoms with Crippen molar-refractivity contribution in [2.24, 2.45) is 0 Å². The predicted octanol–water partition coefficient (Wildman–Crippen LogP) is 5.98. The summed E-state index contributed by atoms with van der Waals surface area (Å²) < 4.78 is 11.0. The summed E-state index contributed by atoms with van der Waals surface area (Å²) in [5.74, 6) is -0.234. The molecule has 27 heavy (non-hydrogen) atoms. The minimum atomic E-state index is -0.234. The van der Waals surface area contributed by atoms with Gasteiger partial charge < -0.3 is 14.4 Å². The average Bonchev–Trinajstić information content (AvgIpc) is 2.60. The monoisotopic (exact) mass is 385 g/mol. The molecule has 0 saturated heterocycles. The molecule has 0 aliphatic carbocycles. The van der Waals surface area contributed by atoms with Gasteiger partial charge >= 0.3 is 5.97 Å². The molecule has 0 aromatic carbocycles. The van der Waals surface area contributed by atoms with Crippen LogP contribution in [0.2, 0.25) is 0 Å². The van der Waals surface area contributed by atoms with Crippen LogP contribution in [0.5, 0.6) is 0 Å². The van der Waals surface area contributed by atoms with Crippen LogP contribution in [0.1, 0.15) is 104 Å². The molecule has 0 fully saturated rings. The molecule has 4 heteroatoms. The first kappa shape index (κ1) is 26.4. The fourth-order valence-electron chi connectivity index (χ4n) is 3.38. The van der Waals surface area contributed by atoms with Crippen molar-refractivity contribution < 1.29 is 14.3 Å². The third-order valence-corrected chi connectivity index (χ3v) is 4.85. The van der Waals surface area contributed by atoms with Gasteiger partial charge in [-0.2, -0.15) is 0 Å². The van der Waals surface area contributed by atoms with Crippen molar-refractivity contribution in [2.45, 2.75) is 110 Å². The van der Waals surface area contributed by atoms with E-state index in [1.807, 2.05) is 19.0 Å². The molecule has 0 bridgehead atoms. The van der Waals surface area contributed by atoms with E-state index in [1.165, 1.54) is 90.4 Å². The molecule has 1 atom stereocenters. The predicted molar refractivity (Wildman–Crippen MR) is 115 cm³/mol. The van der Waals surface area contributed by atoms with Gasteiger partial charge in [0, 0.05) is 20.1 Å². The fraction of sp³-hybridized carbons (Fsp3) is 0.957. The highest BCUT2D eigenvalue weighted by Crippen LogP contribution is 2.13. The quantitative estimate of drug-likeness (QED) is 0.191. The van der Waals surface area contributed by atoms with E-state index in [0.29, 0.717) is 13.2 Å². The van der Waals surface area contributed by atoms with E-state index in [-0.39, 0.29) is 12.1 Å². The highest BCUT2D eigenvalue weighted by Gasteiger charge is 2.13. The van der Waals surface area contributed by atoms with Crippen LogP contribution in [-0.4, -0.2) is 50.8 Å². The first-order chi connectivity index (χ1) is 13.1. The van der Waals surface area contributed by atoms with Crippen LogP contribution < -0.4 is 0 Å². The van der Waals surface area contributed by atoms with Gasteiger partial charge in [-0.05, 0) is 20.5 Å². The third kappa shape index (κ3) is 21.5. The average molecular weight is 386 g/mol. The molecule has 0 aliphatic rings. The van der Waals surface area contributed by atoms with Crippen LogP contribution >= 0.6 is 0 Å². The van der Waals surface area contributed by atoms with Gasteiger partial charge in [-0.15, -0.1) is 0 Å². The van der Waals surface area contributed by atoms with Crippen LogP contribution in [0.4, 0.5) is 0 Å². The van der Waals surface area contributed by atoms with Gasteiger partial charge in [0.2, 0.25) is 0 Å². The van der Waals surface area contributed by atoms with E-state index in [2.05, 4.69) is 6.92 Å². The van der Waals surface area contributed by atoms with Crippen molar-refractivity contribution in [3.8, 4) is 0 Å². The van der Waals surface area contributed by atoms with E-state index in [9.17, 15) is 4.79 Å². The zero-order valence-corrected chi connectivity index (χ0v) is 18.8. The molecular formula is C23H47NO3. The standard InChI is InChI=1S/C23H47NO3/c1-5-6-7-8-9-10-11-12-13-14-15-16-17-18-19-26-21-23(20-24(3)4)27-22(2)25/h23H,5-21H2,1-4H3. The number of carbonyl (C=O) groups excluding carboxylic acids is 1. The number of carbonyl (C=O) groups is 1. The van der Waals surface area contributed by atoms with Crippen molar-refractivity contribution in [1.82, 2.24) is 4.90 Å². The Morgan fingerprint density at radius 1 is 0.778 bits per heavy atom. The minimum absolute atomic E-state index is 0.163. The van der Waals surface area contributed by atoms with Gasteiger partial charge in [0.25, 0.3) is 0 Å². The Balaban J connectivity index is 3.31. The lowest BCUT2D eigenvalue weighted by Gasteiger charge is -2.20. The molecule has 1 unspecified atom stereocenters. The Kier molecular flexibility index (Phi) is 19.7. The summed E-state index contributed by atoms with van der Waals surface area (Å²) in [5.41, 5.74) is 0. The minimum Gasteiger partial charge on any atom is -0.459 e. The van der Waals surface area contributed by atoms with E-state index in [1.54, 1.807) is 0 Å². The van der Waals surface area contributed by atoms with E-state index < -0.39 is 0 Å². The van der Waals surface area contributed by atoms with Gasteiger partial charge in [-0.1, -0.05) is 90.4 Å². The van der Waals surface area contributed by atoms with Crippen LogP contribution in [0, 0.1) is 0 Å². The van der Waals surface area contributed by atoms with Gasteiger partial charge in [0.15, 0.2) is 0 Å². The molecule has 0 N–H and O–H groups in total. The highest BCUT2D eigenvalue weighted by molar-refractivity contribution is 5.66. The molecule has 0 radical (unpaired) electrons. The second-order valence-corrected chi connectivity index (χ2v) is 8.16. The lowest BCUT2D eigenvalue weighted by atomic mass is 10.0. The Morgan fingerprint density at radius 3 is 1.63 bits per heavy atom. The normalized spacial score (nSPS) is 12.5. The molecule has 0 aromatic heterocycles. The molecule has 0 amide bonds. The second kappa shape index (κ2) is 20.1. The number of nitrogens with zero attached hydrogens (tertiary/aromatic N) is 1. The van der Waals surface area contributed by atoms with Crippen LogP contribution in [0.15, 0.2) is 0 Å². The van der Waals surface area contributed by atoms with E-state index >= 15 is 0 Å². The maximum absolute atomic E-state index is 11.1. The highest BCUT2D eigenvalue weighted by atomic mass is 16.6. The molecule has 0 spiro atoms. The third-order valence-electron chi connectivity index (χ3n) is 4.85.